The van der Waals surface area contributed by atoms with E-state index in [1.807, 2.05) is 24.3 Å². The highest BCUT2D eigenvalue weighted by atomic mass is 16.5. The van der Waals surface area contributed by atoms with Crippen molar-refractivity contribution < 1.29 is 4.74 Å². The van der Waals surface area contributed by atoms with Crippen LogP contribution in [-0.4, -0.2) is 13.2 Å². The summed E-state index contributed by atoms with van der Waals surface area (Å²) in [6, 6.07) is 27.0. The van der Waals surface area contributed by atoms with Crippen LogP contribution in [0.15, 0.2) is 84.0 Å². The van der Waals surface area contributed by atoms with E-state index in [0.29, 0.717) is 19.8 Å². The lowest BCUT2D eigenvalue weighted by Crippen LogP contribution is -2.07. The summed E-state index contributed by atoms with van der Waals surface area (Å²) in [5.41, 5.74) is 12.5. The quantitative estimate of drug-likeness (QED) is 0.308. The molecule has 5 nitrogen and oxygen atoms in total. The van der Waals surface area contributed by atoms with Gasteiger partial charge in [0.1, 0.15) is 0 Å². The van der Waals surface area contributed by atoms with Crippen LogP contribution in [0.2, 0.25) is 0 Å². The summed E-state index contributed by atoms with van der Waals surface area (Å²) < 4.78 is 5.59. The van der Waals surface area contributed by atoms with Crippen LogP contribution in [0.25, 0.3) is 0 Å². The second-order valence-corrected chi connectivity index (χ2v) is 6.49. The lowest BCUT2D eigenvalue weighted by Gasteiger charge is -2.16. The number of benzene rings is 3. The first-order valence-electron chi connectivity index (χ1n) is 9.44. The summed E-state index contributed by atoms with van der Waals surface area (Å²) in [5.74, 6) is 0. The Kier molecular flexibility index (Phi) is 7.58. The molecule has 0 aliphatic heterocycles. The van der Waals surface area contributed by atoms with Gasteiger partial charge in [-0.25, -0.2) is 5.53 Å². The summed E-state index contributed by atoms with van der Waals surface area (Å²) in [4.78, 5) is 0. The maximum Gasteiger partial charge on any atom is 0.0830 e. The van der Waals surface area contributed by atoms with Crippen molar-refractivity contribution in [3.8, 4) is 0 Å². The van der Waals surface area contributed by atoms with Gasteiger partial charge >= 0.3 is 0 Å². The van der Waals surface area contributed by atoms with Crippen molar-refractivity contribution in [1.29, 1.82) is 5.53 Å². The molecule has 3 N–H and O–H groups in total. The lowest BCUT2D eigenvalue weighted by molar-refractivity contribution is 0.127. The molecule has 0 fully saturated rings. The SMILES string of the molecule is N=NCCOCc1ccc(NCc2ccccc2)c(NCc2ccccc2)c1. The van der Waals surface area contributed by atoms with Crippen LogP contribution in [0, 0.1) is 5.53 Å². The minimum Gasteiger partial charge on any atom is -0.379 e. The number of rotatable bonds is 11. The second kappa shape index (κ2) is 10.8. The third-order valence-corrected chi connectivity index (χ3v) is 4.35. The number of hydrogen-bond donors (Lipinski definition) is 3. The molecule has 0 bridgehead atoms. The average molecular weight is 374 g/mol. The van der Waals surface area contributed by atoms with E-state index in [-0.39, 0.29) is 0 Å². The van der Waals surface area contributed by atoms with Crippen LogP contribution in [0.3, 0.4) is 0 Å². The Bertz CT molecular complexity index is 853. The Labute approximate surface area is 166 Å². The van der Waals surface area contributed by atoms with Crippen LogP contribution in [-0.2, 0) is 24.4 Å². The first-order valence-corrected chi connectivity index (χ1v) is 9.44. The molecular weight excluding hydrogens is 348 g/mol. The molecule has 28 heavy (non-hydrogen) atoms. The van der Waals surface area contributed by atoms with Gasteiger partial charge in [-0.1, -0.05) is 66.7 Å². The summed E-state index contributed by atoms with van der Waals surface area (Å²) in [7, 11) is 0. The van der Waals surface area contributed by atoms with Gasteiger partial charge in [0, 0.05) is 13.1 Å². The second-order valence-electron chi connectivity index (χ2n) is 6.49. The fraction of sp³-hybridized carbons (Fsp3) is 0.217. The van der Waals surface area contributed by atoms with Crippen LogP contribution in [0.5, 0.6) is 0 Å². The van der Waals surface area contributed by atoms with Crippen LogP contribution in [0.4, 0.5) is 11.4 Å². The number of nitrogens with one attached hydrogen (secondary N) is 3. The van der Waals surface area contributed by atoms with Gasteiger partial charge in [-0.2, -0.15) is 5.11 Å². The molecule has 0 heterocycles. The molecule has 0 amide bonds. The number of nitrogens with zero attached hydrogens (tertiary/aromatic N) is 1. The van der Waals surface area contributed by atoms with E-state index in [2.05, 4.69) is 70.3 Å². The van der Waals surface area contributed by atoms with Gasteiger partial charge in [-0.3, -0.25) is 0 Å². The zero-order valence-corrected chi connectivity index (χ0v) is 15.9. The van der Waals surface area contributed by atoms with Gasteiger partial charge in [-0.15, -0.1) is 0 Å². The van der Waals surface area contributed by atoms with Gasteiger partial charge < -0.3 is 15.4 Å². The molecule has 0 unspecified atom stereocenters. The summed E-state index contributed by atoms with van der Waals surface area (Å²) in [6.45, 7) is 2.89. The minimum atomic E-state index is 0.399. The van der Waals surface area contributed by atoms with E-state index in [4.69, 9.17) is 10.3 Å². The fourth-order valence-electron chi connectivity index (χ4n) is 2.87. The molecule has 3 rings (SSSR count). The van der Waals surface area contributed by atoms with Gasteiger partial charge in [0.2, 0.25) is 0 Å². The molecular formula is C23H26N4O. The highest BCUT2D eigenvalue weighted by molar-refractivity contribution is 5.70. The first kappa shape index (κ1) is 19.6. The smallest absolute Gasteiger partial charge is 0.0830 e. The highest BCUT2D eigenvalue weighted by Crippen LogP contribution is 2.25. The molecule has 0 radical (unpaired) electrons. The Morgan fingerprint density at radius 1 is 0.714 bits per heavy atom. The third kappa shape index (κ3) is 6.21. The van der Waals surface area contributed by atoms with Gasteiger partial charge in [0.25, 0.3) is 0 Å². The normalized spacial score (nSPS) is 10.4. The molecule has 0 spiro atoms. The Hall–Kier alpha value is -3.18. The van der Waals surface area contributed by atoms with Gasteiger partial charge in [-0.05, 0) is 28.8 Å². The van der Waals surface area contributed by atoms with Gasteiger partial charge in [0.05, 0.1) is 31.1 Å². The van der Waals surface area contributed by atoms with Crippen LogP contribution >= 0.6 is 0 Å². The zero-order valence-electron chi connectivity index (χ0n) is 15.9. The number of ether oxygens (including phenoxy) is 1. The number of anilines is 2. The topological polar surface area (TPSA) is 69.5 Å². The maximum atomic E-state index is 6.83. The van der Waals surface area contributed by atoms with Crippen molar-refractivity contribution in [3.05, 3.63) is 95.6 Å². The molecule has 0 atom stereocenters. The Morgan fingerprint density at radius 2 is 1.32 bits per heavy atom. The Balaban J connectivity index is 1.69. The van der Waals surface area contributed by atoms with E-state index in [9.17, 15) is 0 Å². The van der Waals surface area contributed by atoms with Gasteiger partial charge in [0.15, 0.2) is 0 Å². The van der Waals surface area contributed by atoms with Crippen LogP contribution < -0.4 is 10.6 Å². The van der Waals surface area contributed by atoms with E-state index >= 15 is 0 Å². The molecule has 0 saturated carbocycles. The molecule has 144 valence electrons. The van der Waals surface area contributed by atoms with E-state index in [0.717, 1.165) is 30.0 Å². The van der Waals surface area contributed by atoms with Crippen molar-refractivity contribution >= 4 is 11.4 Å². The fourth-order valence-corrected chi connectivity index (χ4v) is 2.87. The molecule has 0 aromatic heterocycles. The molecule has 3 aromatic carbocycles. The third-order valence-electron chi connectivity index (χ3n) is 4.35. The van der Waals surface area contributed by atoms with Crippen molar-refractivity contribution in [2.75, 3.05) is 23.8 Å². The molecule has 5 heteroatoms. The van der Waals surface area contributed by atoms with E-state index in [1.54, 1.807) is 0 Å². The van der Waals surface area contributed by atoms with E-state index < -0.39 is 0 Å². The average Bonchev–Trinajstić information content (AvgIpc) is 2.76. The number of hydrogen-bond acceptors (Lipinski definition) is 5. The predicted octanol–water partition coefficient (Wildman–Crippen LogP) is 5.46. The van der Waals surface area contributed by atoms with Crippen molar-refractivity contribution in [2.45, 2.75) is 19.7 Å². The molecule has 0 saturated heterocycles. The van der Waals surface area contributed by atoms with Crippen molar-refractivity contribution in [3.63, 3.8) is 0 Å². The summed E-state index contributed by atoms with van der Waals surface area (Å²) in [5, 5.41) is 10.4. The Morgan fingerprint density at radius 3 is 1.93 bits per heavy atom. The lowest BCUT2D eigenvalue weighted by atomic mass is 10.1. The zero-order chi connectivity index (χ0) is 19.4. The first-order chi connectivity index (χ1) is 13.8. The highest BCUT2D eigenvalue weighted by Gasteiger charge is 2.05. The summed E-state index contributed by atoms with van der Waals surface area (Å²) in [6.07, 6.45) is 0. The van der Waals surface area contributed by atoms with E-state index in [1.165, 1.54) is 11.1 Å². The largest absolute Gasteiger partial charge is 0.379 e. The molecule has 0 aliphatic carbocycles. The summed E-state index contributed by atoms with van der Waals surface area (Å²) >= 11 is 0. The molecule has 3 aromatic rings. The van der Waals surface area contributed by atoms with Crippen molar-refractivity contribution in [1.82, 2.24) is 0 Å². The minimum absolute atomic E-state index is 0.399. The maximum absolute atomic E-state index is 6.83. The monoisotopic (exact) mass is 374 g/mol. The standard InChI is InChI=1S/C23H26N4O/c24-27-13-14-28-18-21-11-12-22(25-16-19-7-3-1-4-8-19)23(15-21)26-17-20-9-5-2-6-10-20/h1-12,15,24-26H,13-14,16-18H2. The van der Waals surface area contributed by atoms with Crippen LogP contribution in [0.1, 0.15) is 16.7 Å². The van der Waals surface area contributed by atoms with Crippen molar-refractivity contribution in [2.24, 2.45) is 5.11 Å². The predicted molar refractivity (Wildman–Crippen MR) is 114 cm³/mol. The molecule has 0 aliphatic rings.